The van der Waals surface area contributed by atoms with E-state index in [1.807, 2.05) is 0 Å². The first-order valence-corrected chi connectivity index (χ1v) is 10.5. The van der Waals surface area contributed by atoms with Gasteiger partial charge in [0.1, 0.15) is 0 Å². The van der Waals surface area contributed by atoms with Crippen LogP contribution in [-0.4, -0.2) is 39.5 Å². The molecule has 1 aliphatic heterocycles. The molecule has 148 valence electrons. The summed E-state index contributed by atoms with van der Waals surface area (Å²) in [5.41, 5.74) is 0. The minimum Gasteiger partial charge on any atom is -0.370 e. The van der Waals surface area contributed by atoms with E-state index in [0.717, 1.165) is 12.3 Å². The van der Waals surface area contributed by atoms with Crippen molar-refractivity contribution in [3.05, 3.63) is 0 Å². The Labute approximate surface area is 154 Å². The van der Waals surface area contributed by atoms with Crippen molar-refractivity contribution in [3.63, 3.8) is 0 Å². The summed E-state index contributed by atoms with van der Waals surface area (Å²) in [5.74, 6) is 0.554. The van der Waals surface area contributed by atoms with Crippen molar-refractivity contribution in [2.75, 3.05) is 21.3 Å². The normalized spacial score (nSPS) is 27.1. The zero-order valence-electron chi connectivity index (χ0n) is 16.9. The van der Waals surface area contributed by atoms with Crippen LogP contribution in [-0.2, 0) is 18.9 Å². The monoisotopic (exact) mass is 356 g/mol. The molecule has 1 saturated carbocycles. The van der Waals surface area contributed by atoms with Gasteiger partial charge in [-0.05, 0) is 37.5 Å². The quantitative estimate of drug-likeness (QED) is 0.241. The first kappa shape index (κ1) is 21.1. The van der Waals surface area contributed by atoms with Crippen LogP contribution >= 0.6 is 0 Å². The van der Waals surface area contributed by atoms with Gasteiger partial charge >= 0.3 is 0 Å². The van der Waals surface area contributed by atoms with Crippen LogP contribution in [0.15, 0.2) is 0 Å². The summed E-state index contributed by atoms with van der Waals surface area (Å²) in [5, 5.41) is 0. The molecule has 4 heteroatoms. The Hall–Kier alpha value is -0.160. The summed E-state index contributed by atoms with van der Waals surface area (Å²) in [6.07, 6.45) is 16.3. The maximum absolute atomic E-state index is 5.69. The summed E-state index contributed by atoms with van der Waals surface area (Å²) < 4.78 is 22.4. The van der Waals surface area contributed by atoms with E-state index < -0.39 is 5.97 Å². The third-order valence-electron chi connectivity index (χ3n) is 6.28. The van der Waals surface area contributed by atoms with Crippen molar-refractivity contribution in [1.29, 1.82) is 0 Å². The zero-order chi connectivity index (χ0) is 18.1. The molecule has 0 spiro atoms. The number of rotatable bonds is 14. The van der Waals surface area contributed by atoms with E-state index in [1.165, 1.54) is 70.6 Å². The van der Waals surface area contributed by atoms with Crippen LogP contribution in [0.25, 0.3) is 0 Å². The molecule has 2 aliphatic rings. The second kappa shape index (κ2) is 10.9. The van der Waals surface area contributed by atoms with E-state index in [2.05, 4.69) is 6.92 Å². The molecule has 0 aromatic rings. The average molecular weight is 357 g/mol. The summed E-state index contributed by atoms with van der Waals surface area (Å²) in [7, 11) is 5.03. The van der Waals surface area contributed by atoms with Crippen LogP contribution in [0.1, 0.15) is 84.0 Å². The molecule has 0 bridgehead atoms. The van der Waals surface area contributed by atoms with E-state index in [-0.39, 0.29) is 0 Å². The molecule has 1 heterocycles. The molecule has 25 heavy (non-hydrogen) atoms. The molecule has 4 nitrogen and oxygen atoms in total. The van der Waals surface area contributed by atoms with Gasteiger partial charge in [-0.2, -0.15) is 0 Å². The summed E-state index contributed by atoms with van der Waals surface area (Å²) in [6.45, 7) is 2.27. The second-order valence-corrected chi connectivity index (χ2v) is 8.04. The average Bonchev–Trinajstić information content (AvgIpc) is 3.42. The lowest BCUT2D eigenvalue weighted by Crippen LogP contribution is -2.38. The molecular weight excluding hydrogens is 316 g/mol. The lowest BCUT2D eigenvalue weighted by molar-refractivity contribution is -0.359. The Bertz CT molecular complexity index is 348. The maximum atomic E-state index is 5.69. The van der Waals surface area contributed by atoms with Crippen LogP contribution in [0.3, 0.4) is 0 Å². The summed E-state index contributed by atoms with van der Waals surface area (Å²) in [6, 6.07) is 0. The molecule has 0 amide bonds. The maximum Gasteiger partial charge on any atom is 0.282 e. The number of fused-ring (bicyclic) bond motifs is 1. The third kappa shape index (κ3) is 6.82. The van der Waals surface area contributed by atoms with Crippen LogP contribution in [0, 0.1) is 11.8 Å². The number of ether oxygens (including phenoxy) is 4. The van der Waals surface area contributed by atoms with Crippen molar-refractivity contribution in [2.45, 2.75) is 102 Å². The van der Waals surface area contributed by atoms with Gasteiger partial charge in [-0.15, -0.1) is 0 Å². The Kier molecular flexibility index (Phi) is 9.18. The third-order valence-corrected chi connectivity index (χ3v) is 6.28. The fourth-order valence-electron chi connectivity index (χ4n) is 4.46. The largest absolute Gasteiger partial charge is 0.370 e. The number of unbranched alkanes of at least 4 members (excludes halogenated alkanes) is 4. The topological polar surface area (TPSA) is 40.2 Å². The van der Waals surface area contributed by atoms with E-state index >= 15 is 0 Å². The molecule has 2 fully saturated rings. The summed E-state index contributed by atoms with van der Waals surface area (Å²) in [4.78, 5) is 0. The van der Waals surface area contributed by atoms with Crippen molar-refractivity contribution < 1.29 is 18.9 Å². The molecule has 0 aromatic heterocycles. The molecule has 2 rings (SSSR count). The van der Waals surface area contributed by atoms with Crippen LogP contribution < -0.4 is 0 Å². The van der Waals surface area contributed by atoms with Gasteiger partial charge in [0.2, 0.25) is 0 Å². The lowest BCUT2D eigenvalue weighted by atomic mass is 9.82. The predicted molar refractivity (Wildman–Crippen MR) is 100 cm³/mol. The fraction of sp³-hybridized carbons (Fsp3) is 1.00. The van der Waals surface area contributed by atoms with E-state index in [9.17, 15) is 0 Å². The van der Waals surface area contributed by atoms with E-state index in [4.69, 9.17) is 18.9 Å². The highest BCUT2D eigenvalue weighted by atomic mass is 16.9. The van der Waals surface area contributed by atoms with Gasteiger partial charge in [0, 0.05) is 27.8 Å². The van der Waals surface area contributed by atoms with Gasteiger partial charge in [-0.3, -0.25) is 0 Å². The van der Waals surface area contributed by atoms with Crippen molar-refractivity contribution in [1.82, 2.24) is 0 Å². The highest BCUT2D eigenvalue weighted by Crippen LogP contribution is 2.42. The molecular formula is C21H40O4. The van der Waals surface area contributed by atoms with Gasteiger partial charge in [0.15, 0.2) is 0 Å². The second-order valence-electron chi connectivity index (χ2n) is 8.04. The van der Waals surface area contributed by atoms with Gasteiger partial charge in [0.25, 0.3) is 5.97 Å². The molecule has 4 atom stereocenters. The Balaban J connectivity index is 1.79. The lowest BCUT2D eigenvalue weighted by Gasteiger charge is -2.33. The Morgan fingerprint density at radius 3 is 2.28 bits per heavy atom. The highest BCUT2D eigenvalue weighted by molar-refractivity contribution is 4.91. The number of epoxide rings is 1. The molecule has 0 aromatic carbocycles. The predicted octanol–water partition coefficient (Wildman–Crippen LogP) is 5.29. The van der Waals surface area contributed by atoms with Crippen molar-refractivity contribution in [3.8, 4) is 0 Å². The first-order chi connectivity index (χ1) is 12.2. The summed E-state index contributed by atoms with van der Waals surface area (Å²) >= 11 is 0. The SMILES string of the molecule is CCCCCCCC(CCC1CCC2OC2C1)CC(OC)(OC)OC. The minimum absolute atomic E-state index is 0.585. The van der Waals surface area contributed by atoms with Gasteiger partial charge in [0.05, 0.1) is 12.2 Å². The molecule has 0 N–H and O–H groups in total. The van der Waals surface area contributed by atoms with Crippen LogP contribution in [0.2, 0.25) is 0 Å². The zero-order valence-corrected chi connectivity index (χ0v) is 16.9. The smallest absolute Gasteiger partial charge is 0.282 e. The number of hydrogen-bond donors (Lipinski definition) is 0. The minimum atomic E-state index is -0.884. The van der Waals surface area contributed by atoms with E-state index in [1.54, 1.807) is 21.3 Å². The molecule has 1 saturated heterocycles. The van der Waals surface area contributed by atoms with Crippen molar-refractivity contribution >= 4 is 0 Å². The Morgan fingerprint density at radius 2 is 1.64 bits per heavy atom. The molecule has 4 unspecified atom stereocenters. The highest BCUT2D eigenvalue weighted by Gasteiger charge is 2.43. The van der Waals surface area contributed by atoms with Crippen molar-refractivity contribution in [2.24, 2.45) is 11.8 Å². The number of hydrogen-bond acceptors (Lipinski definition) is 4. The van der Waals surface area contributed by atoms with Gasteiger partial charge < -0.3 is 18.9 Å². The number of methoxy groups -OCH3 is 3. The van der Waals surface area contributed by atoms with Crippen LogP contribution in [0.5, 0.6) is 0 Å². The Morgan fingerprint density at radius 1 is 0.920 bits per heavy atom. The fourth-order valence-corrected chi connectivity index (χ4v) is 4.46. The standard InChI is InChI=1S/C21H40O4/c1-5-6-7-8-9-10-18(16-21(22-2,23-3)24-4)12-11-17-13-14-19-20(15-17)25-19/h17-20H,5-16H2,1-4H3. The van der Waals surface area contributed by atoms with Gasteiger partial charge in [-0.25, -0.2) is 0 Å². The van der Waals surface area contributed by atoms with Gasteiger partial charge in [-0.1, -0.05) is 51.9 Å². The van der Waals surface area contributed by atoms with Crippen LogP contribution in [0.4, 0.5) is 0 Å². The first-order valence-electron chi connectivity index (χ1n) is 10.5. The van der Waals surface area contributed by atoms with E-state index in [0.29, 0.717) is 18.1 Å². The molecule has 1 aliphatic carbocycles. The molecule has 0 radical (unpaired) electrons.